The predicted molar refractivity (Wildman–Crippen MR) is 137 cm³/mol. The van der Waals surface area contributed by atoms with Crippen molar-refractivity contribution in [1.29, 1.82) is 0 Å². The first-order valence-electron chi connectivity index (χ1n) is 12.5. The molecule has 1 aliphatic carbocycles. The molecule has 2 aliphatic heterocycles. The fraction of sp³-hybridized carbons (Fsp3) is 0.481. The first-order valence-corrected chi connectivity index (χ1v) is 13.2. The molecule has 6 nitrogen and oxygen atoms in total. The number of hydrogen-bond donors (Lipinski definition) is 2. The zero-order valence-corrected chi connectivity index (χ0v) is 21.1. The summed E-state index contributed by atoms with van der Waals surface area (Å²) >= 11 is 12.0. The molecule has 2 aromatic carbocycles. The van der Waals surface area contributed by atoms with Gasteiger partial charge >= 0.3 is 0 Å². The molecule has 2 N–H and O–H groups in total. The Labute approximate surface area is 216 Å². The number of carbonyl (C=O) groups excluding carboxylic acids is 2. The lowest BCUT2D eigenvalue weighted by molar-refractivity contribution is -0.131. The van der Waals surface area contributed by atoms with Gasteiger partial charge in [0.05, 0.1) is 22.6 Å². The smallest absolute Gasteiger partial charge is 0.251 e. The van der Waals surface area contributed by atoms with Crippen LogP contribution in [0.2, 0.25) is 10.0 Å². The second-order valence-corrected chi connectivity index (χ2v) is 10.8. The van der Waals surface area contributed by atoms with Crippen LogP contribution < -0.4 is 5.32 Å². The third kappa shape index (κ3) is 5.30. The number of nitrogens with zero attached hydrogens (tertiary/aromatic N) is 2. The topological polar surface area (TPSA) is 72.9 Å². The lowest BCUT2D eigenvalue weighted by atomic mass is 9.87. The summed E-state index contributed by atoms with van der Waals surface area (Å²) < 4.78 is 0. The van der Waals surface area contributed by atoms with E-state index in [1.807, 2.05) is 23.1 Å². The van der Waals surface area contributed by atoms with Crippen molar-refractivity contribution in [2.75, 3.05) is 26.2 Å². The summed E-state index contributed by atoms with van der Waals surface area (Å²) in [5, 5.41) is 13.7. The number of halogens is 2. The number of aromatic hydroxyl groups is 1. The molecule has 3 aliphatic rings. The summed E-state index contributed by atoms with van der Waals surface area (Å²) in [6, 6.07) is 12.9. The Balaban J connectivity index is 1.18. The zero-order chi connectivity index (χ0) is 24.5. The molecule has 5 rings (SSSR count). The molecule has 1 saturated carbocycles. The zero-order valence-electron chi connectivity index (χ0n) is 19.6. The second-order valence-electron chi connectivity index (χ2n) is 9.95. The van der Waals surface area contributed by atoms with E-state index in [-0.39, 0.29) is 24.4 Å². The van der Waals surface area contributed by atoms with Crippen molar-refractivity contribution in [1.82, 2.24) is 15.1 Å². The number of likely N-dealkylation sites (tertiary alicyclic amines) is 2. The number of piperidine rings is 1. The number of para-hydroxylation sites is 1. The molecular weight excluding hydrogens is 485 g/mol. The number of rotatable bonds is 6. The Hall–Kier alpha value is -2.28. The van der Waals surface area contributed by atoms with E-state index in [0.717, 1.165) is 57.3 Å². The Kier molecular flexibility index (Phi) is 7.24. The standard InChI is InChI=1S/C27H31Cl2N3O3/c28-21-8-7-19(15-22(21)29)27(35)30-16-25(34)32-14-11-23(26(32)18-5-6-18)31-12-9-17(10-13-31)20-3-1-2-4-24(20)33/h1-4,7-8,15,17-18,23,26,33H,5-6,9-14,16H2,(H,30,35)/t23-,26+/m1/s1. The molecule has 2 atom stereocenters. The number of hydrogen-bond acceptors (Lipinski definition) is 4. The molecule has 3 fully saturated rings. The van der Waals surface area contributed by atoms with Gasteiger partial charge in [-0.05, 0) is 86.9 Å². The van der Waals surface area contributed by atoms with Crippen molar-refractivity contribution in [2.45, 2.75) is 50.1 Å². The van der Waals surface area contributed by atoms with Crippen LogP contribution >= 0.6 is 23.2 Å². The summed E-state index contributed by atoms with van der Waals surface area (Å²) in [5.41, 5.74) is 1.43. The van der Waals surface area contributed by atoms with E-state index >= 15 is 0 Å². The van der Waals surface area contributed by atoms with Crippen molar-refractivity contribution < 1.29 is 14.7 Å². The van der Waals surface area contributed by atoms with E-state index in [4.69, 9.17) is 23.2 Å². The highest BCUT2D eigenvalue weighted by Gasteiger charge is 2.48. The van der Waals surface area contributed by atoms with Crippen molar-refractivity contribution in [3.8, 4) is 5.75 Å². The molecule has 2 aromatic rings. The maximum Gasteiger partial charge on any atom is 0.251 e. The number of nitrogens with one attached hydrogen (secondary N) is 1. The van der Waals surface area contributed by atoms with Gasteiger partial charge in [0, 0.05) is 18.2 Å². The Bertz CT molecular complexity index is 1100. The van der Waals surface area contributed by atoms with Gasteiger partial charge in [-0.15, -0.1) is 0 Å². The minimum Gasteiger partial charge on any atom is -0.508 e. The van der Waals surface area contributed by atoms with Crippen LogP contribution in [0.15, 0.2) is 42.5 Å². The van der Waals surface area contributed by atoms with Gasteiger partial charge in [-0.3, -0.25) is 14.5 Å². The lowest BCUT2D eigenvalue weighted by Gasteiger charge is -2.40. The number of benzene rings is 2. The Morgan fingerprint density at radius 3 is 2.37 bits per heavy atom. The molecule has 0 unspecified atom stereocenters. The van der Waals surface area contributed by atoms with Crippen LogP contribution in [-0.2, 0) is 4.79 Å². The maximum absolute atomic E-state index is 13.2. The number of amides is 2. The molecule has 0 aromatic heterocycles. The van der Waals surface area contributed by atoms with Gasteiger partial charge in [0.1, 0.15) is 5.75 Å². The second kappa shape index (κ2) is 10.4. The molecule has 186 valence electrons. The molecule has 2 heterocycles. The van der Waals surface area contributed by atoms with Gasteiger partial charge < -0.3 is 15.3 Å². The van der Waals surface area contributed by atoms with E-state index in [1.165, 1.54) is 6.07 Å². The molecule has 0 spiro atoms. The molecule has 0 radical (unpaired) electrons. The minimum atomic E-state index is -0.332. The average molecular weight is 516 g/mol. The SMILES string of the molecule is O=C(NCC(=O)N1CC[C@@H](N2CCC(c3ccccc3O)CC2)[C@@H]1C1CC1)c1ccc(Cl)c(Cl)c1. The lowest BCUT2D eigenvalue weighted by Crippen LogP contribution is -2.51. The van der Waals surface area contributed by atoms with Crippen molar-refractivity contribution in [2.24, 2.45) is 5.92 Å². The molecular formula is C27H31Cl2N3O3. The van der Waals surface area contributed by atoms with Crippen molar-refractivity contribution in [3.05, 3.63) is 63.6 Å². The third-order valence-corrected chi connectivity index (χ3v) is 8.54. The van der Waals surface area contributed by atoms with E-state index in [0.29, 0.717) is 39.2 Å². The highest BCUT2D eigenvalue weighted by Crippen LogP contribution is 2.43. The van der Waals surface area contributed by atoms with Gasteiger partial charge in [0.15, 0.2) is 0 Å². The number of phenols is 1. The molecule has 35 heavy (non-hydrogen) atoms. The largest absolute Gasteiger partial charge is 0.508 e. The van der Waals surface area contributed by atoms with Crippen LogP contribution in [-0.4, -0.2) is 65.0 Å². The van der Waals surface area contributed by atoms with E-state index in [9.17, 15) is 14.7 Å². The van der Waals surface area contributed by atoms with Crippen LogP contribution in [0.1, 0.15) is 53.9 Å². The summed E-state index contributed by atoms with van der Waals surface area (Å²) in [7, 11) is 0. The molecule has 8 heteroatoms. The average Bonchev–Trinajstić information content (AvgIpc) is 3.62. The van der Waals surface area contributed by atoms with E-state index in [1.54, 1.807) is 18.2 Å². The van der Waals surface area contributed by atoms with E-state index in [2.05, 4.69) is 10.2 Å². The summed E-state index contributed by atoms with van der Waals surface area (Å²) in [5.74, 6) is 0.960. The quantitative estimate of drug-likeness (QED) is 0.585. The van der Waals surface area contributed by atoms with Crippen LogP contribution in [0, 0.1) is 5.92 Å². The van der Waals surface area contributed by atoms with Crippen molar-refractivity contribution >= 4 is 35.0 Å². The first kappa shape index (κ1) is 24.4. The maximum atomic E-state index is 13.2. The van der Waals surface area contributed by atoms with Gasteiger partial charge in [-0.2, -0.15) is 0 Å². The normalized spacial score (nSPS) is 23.4. The van der Waals surface area contributed by atoms with Gasteiger partial charge in [-0.25, -0.2) is 0 Å². The van der Waals surface area contributed by atoms with Crippen molar-refractivity contribution in [3.63, 3.8) is 0 Å². The molecule has 2 saturated heterocycles. The number of phenolic OH excluding ortho intramolecular Hbond substituents is 1. The van der Waals surface area contributed by atoms with Crippen LogP contribution in [0.25, 0.3) is 0 Å². The highest BCUT2D eigenvalue weighted by atomic mass is 35.5. The van der Waals surface area contributed by atoms with Gasteiger partial charge in [-0.1, -0.05) is 41.4 Å². The third-order valence-electron chi connectivity index (χ3n) is 7.80. The van der Waals surface area contributed by atoms with Crippen LogP contribution in [0.5, 0.6) is 5.75 Å². The Morgan fingerprint density at radius 1 is 0.943 bits per heavy atom. The monoisotopic (exact) mass is 515 g/mol. The van der Waals surface area contributed by atoms with E-state index < -0.39 is 0 Å². The fourth-order valence-corrected chi connectivity index (χ4v) is 6.16. The summed E-state index contributed by atoms with van der Waals surface area (Å²) in [4.78, 5) is 30.3. The Morgan fingerprint density at radius 2 is 1.69 bits per heavy atom. The first-order chi connectivity index (χ1) is 16.9. The summed E-state index contributed by atoms with van der Waals surface area (Å²) in [6.07, 6.45) is 5.32. The minimum absolute atomic E-state index is 0.0234. The predicted octanol–water partition coefficient (Wildman–Crippen LogP) is 4.69. The molecule has 0 bridgehead atoms. The highest BCUT2D eigenvalue weighted by molar-refractivity contribution is 6.42. The molecule has 2 amide bonds. The van der Waals surface area contributed by atoms with Crippen LogP contribution in [0.4, 0.5) is 0 Å². The fourth-order valence-electron chi connectivity index (χ4n) is 5.87. The van der Waals surface area contributed by atoms with Crippen LogP contribution in [0.3, 0.4) is 0 Å². The van der Waals surface area contributed by atoms with Gasteiger partial charge in [0.25, 0.3) is 5.91 Å². The van der Waals surface area contributed by atoms with Gasteiger partial charge in [0.2, 0.25) is 5.91 Å². The summed E-state index contributed by atoms with van der Waals surface area (Å²) in [6.45, 7) is 2.66. The number of carbonyl (C=O) groups is 2.